The Balaban J connectivity index is 1.35. The third-order valence-corrected chi connectivity index (χ3v) is 6.50. The van der Waals surface area contributed by atoms with Gasteiger partial charge in [0.2, 0.25) is 0 Å². The summed E-state index contributed by atoms with van der Waals surface area (Å²) >= 11 is 0. The summed E-state index contributed by atoms with van der Waals surface area (Å²) in [6.07, 6.45) is 4.98. The number of hydrogen-bond donors (Lipinski definition) is 2. The summed E-state index contributed by atoms with van der Waals surface area (Å²) in [6.45, 7) is 0.00374. The molecule has 0 saturated carbocycles. The van der Waals surface area contributed by atoms with Gasteiger partial charge in [-0.3, -0.25) is 9.05 Å². The largest absolute Gasteiger partial charge is 0.493 e. The minimum Gasteiger partial charge on any atom is -0.493 e. The number of nitrogens with two attached hydrogens (primary N) is 1. The van der Waals surface area contributed by atoms with Crippen LogP contribution in [0.4, 0.5) is 4.39 Å². The first-order valence-corrected chi connectivity index (χ1v) is 12.7. The Hall–Kier alpha value is -3.47. The molecule has 1 aliphatic heterocycles. The third kappa shape index (κ3) is 6.85. The second-order valence-corrected chi connectivity index (χ2v) is 9.65. The number of aromatic nitrogens is 1. The molecule has 0 saturated heterocycles. The van der Waals surface area contributed by atoms with Crippen LogP contribution >= 0.6 is 7.82 Å². The molecule has 2 heterocycles. The fraction of sp³-hybridized carbons (Fsp3) is 0.240. The summed E-state index contributed by atoms with van der Waals surface area (Å²) in [5.74, 6) is 0.871. The highest BCUT2D eigenvalue weighted by molar-refractivity contribution is 7.47. The van der Waals surface area contributed by atoms with Crippen LogP contribution in [0.5, 0.6) is 11.5 Å². The van der Waals surface area contributed by atoms with E-state index in [0.717, 1.165) is 18.2 Å². The molecule has 3 aromatic rings. The van der Waals surface area contributed by atoms with E-state index < -0.39 is 19.8 Å². The monoisotopic (exact) mass is 531 g/mol. The first-order valence-electron chi connectivity index (χ1n) is 11.2. The van der Waals surface area contributed by atoms with Crippen LogP contribution in [0.2, 0.25) is 0 Å². The molecular formula is C25H27FN3O7P. The van der Waals surface area contributed by atoms with Gasteiger partial charge in [0.1, 0.15) is 25.3 Å². The lowest BCUT2D eigenvalue weighted by Crippen LogP contribution is -2.41. The molecule has 0 spiro atoms. The van der Waals surface area contributed by atoms with E-state index in [2.05, 4.69) is 9.68 Å². The molecule has 3 N–H and O–H groups in total. The van der Waals surface area contributed by atoms with E-state index in [0.29, 0.717) is 34.9 Å². The Bertz CT molecular complexity index is 1330. The molecule has 1 aliphatic rings. The van der Waals surface area contributed by atoms with Crippen molar-refractivity contribution in [1.82, 2.24) is 10.1 Å². The van der Waals surface area contributed by atoms with Crippen LogP contribution in [-0.4, -0.2) is 42.1 Å². The van der Waals surface area contributed by atoms with Crippen LogP contribution in [0.1, 0.15) is 22.6 Å². The predicted molar refractivity (Wildman–Crippen MR) is 133 cm³/mol. The third-order valence-electron chi connectivity index (χ3n) is 5.60. The normalized spacial score (nSPS) is 16.8. The van der Waals surface area contributed by atoms with E-state index in [-0.39, 0.29) is 13.3 Å². The minimum absolute atomic E-state index is 0.250. The van der Waals surface area contributed by atoms with Crippen molar-refractivity contribution >= 4 is 13.4 Å². The maximum absolute atomic E-state index is 13.5. The molecule has 12 heteroatoms. The maximum atomic E-state index is 13.5. The van der Waals surface area contributed by atoms with Gasteiger partial charge in [-0.1, -0.05) is 35.5 Å². The molecule has 10 nitrogen and oxygen atoms in total. The Labute approximate surface area is 213 Å². The van der Waals surface area contributed by atoms with Gasteiger partial charge in [-0.25, -0.2) is 8.96 Å². The zero-order valence-electron chi connectivity index (χ0n) is 20.2. The van der Waals surface area contributed by atoms with Crippen molar-refractivity contribution in [2.75, 3.05) is 21.0 Å². The quantitative estimate of drug-likeness (QED) is 0.347. The van der Waals surface area contributed by atoms with Crippen molar-refractivity contribution in [2.24, 2.45) is 5.73 Å². The van der Waals surface area contributed by atoms with Gasteiger partial charge in [-0.05, 0) is 29.3 Å². The highest BCUT2D eigenvalue weighted by Gasteiger charge is 2.26. The SMILES string of the molecule is COc1ccc(F)cc1OCc1ccc(Cc2cc(C3=CC=CN(COP(=O)(O)OC)C3N)on2)cc1. The summed E-state index contributed by atoms with van der Waals surface area (Å²) in [4.78, 5) is 11.0. The van der Waals surface area contributed by atoms with Crippen LogP contribution < -0.4 is 15.2 Å². The number of benzene rings is 2. The standard InChI is InChI=1S/C25H27FN3O7P/c1-32-22-10-9-19(26)13-24(22)34-15-18-7-5-17(6-8-18)12-20-14-23(36-28-20)21-4-3-11-29(25(21)27)16-35-37(30,31)33-2/h3-11,13-14,25H,12,15-16,27H2,1-2H3,(H,30,31). The van der Waals surface area contributed by atoms with Crippen molar-refractivity contribution in [3.63, 3.8) is 0 Å². The number of ether oxygens (including phenoxy) is 2. The molecule has 2 unspecified atom stereocenters. The topological polar surface area (TPSA) is 130 Å². The van der Waals surface area contributed by atoms with Crippen LogP contribution in [0.3, 0.4) is 0 Å². The zero-order chi connectivity index (χ0) is 26.4. The molecule has 2 atom stereocenters. The van der Waals surface area contributed by atoms with Gasteiger partial charge < -0.3 is 29.5 Å². The van der Waals surface area contributed by atoms with Crippen LogP contribution in [-0.2, 0) is 26.6 Å². The maximum Gasteiger partial charge on any atom is 0.473 e. The molecule has 196 valence electrons. The van der Waals surface area contributed by atoms with Gasteiger partial charge in [0.05, 0.1) is 12.8 Å². The molecule has 1 aromatic heterocycles. The second kappa shape index (κ2) is 11.7. The number of rotatable bonds is 11. The van der Waals surface area contributed by atoms with E-state index in [1.165, 1.54) is 30.2 Å². The molecule has 0 fully saturated rings. The summed E-state index contributed by atoms with van der Waals surface area (Å²) in [5, 5.41) is 4.15. The predicted octanol–water partition coefficient (Wildman–Crippen LogP) is 4.21. The van der Waals surface area contributed by atoms with Gasteiger partial charge in [0.15, 0.2) is 17.3 Å². The van der Waals surface area contributed by atoms with E-state index in [4.69, 9.17) is 24.3 Å². The molecule has 0 radical (unpaired) electrons. The van der Waals surface area contributed by atoms with Crippen LogP contribution in [0, 0.1) is 5.82 Å². The van der Waals surface area contributed by atoms with E-state index in [1.807, 2.05) is 24.3 Å². The number of nitrogens with zero attached hydrogens (tertiary/aromatic N) is 2. The molecule has 0 amide bonds. The number of hydrogen-bond acceptors (Lipinski definition) is 9. The smallest absolute Gasteiger partial charge is 0.473 e. The molecule has 4 rings (SSSR count). The first kappa shape index (κ1) is 26.6. The molecule has 2 aromatic carbocycles. The van der Waals surface area contributed by atoms with Crippen molar-refractivity contribution in [3.8, 4) is 11.5 Å². The van der Waals surface area contributed by atoms with Gasteiger partial charge in [-0.15, -0.1) is 0 Å². The number of halogens is 1. The Morgan fingerprint density at radius 3 is 2.62 bits per heavy atom. The van der Waals surface area contributed by atoms with Crippen LogP contribution in [0.15, 0.2) is 71.4 Å². The molecule has 37 heavy (non-hydrogen) atoms. The summed E-state index contributed by atoms with van der Waals surface area (Å²) in [6, 6.07) is 13.7. The van der Waals surface area contributed by atoms with Crippen molar-refractivity contribution in [2.45, 2.75) is 19.2 Å². The molecular weight excluding hydrogens is 504 g/mol. The first-order chi connectivity index (χ1) is 17.8. The number of allylic oxidation sites excluding steroid dienone is 2. The van der Waals surface area contributed by atoms with Crippen molar-refractivity contribution < 1.29 is 36.9 Å². The summed E-state index contributed by atoms with van der Waals surface area (Å²) in [7, 11) is -1.55. The van der Waals surface area contributed by atoms with Gasteiger partial charge >= 0.3 is 7.82 Å². The summed E-state index contributed by atoms with van der Waals surface area (Å²) < 4.78 is 50.9. The highest BCUT2D eigenvalue weighted by atomic mass is 31.2. The van der Waals surface area contributed by atoms with Crippen LogP contribution in [0.25, 0.3) is 5.57 Å². The number of phosphoric ester groups is 1. The Kier molecular flexibility index (Phi) is 8.42. The van der Waals surface area contributed by atoms with Crippen molar-refractivity contribution in [1.29, 1.82) is 0 Å². The fourth-order valence-electron chi connectivity index (χ4n) is 3.59. The Morgan fingerprint density at radius 2 is 1.89 bits per heavy atom. The van der Waals surface area contributed by atoms with E-state index in [9.17, 15) is 13.8 Å². The van der Waals surface area contributed by atoms with E-state index in [1.54, 1.807) is 24.4 Å². The summed E-state index contributed by atoms with van der Waals surface area (Å²) in [5.41, 5.74) is 9.53. The molecule has 0 bridgehead atoms. The lowest BCUT2D eigenvalue weighted by atomic mass is 10.0. The van der Waals surface area contributed by atoms with Gasteiger partial charge in [0, 0.05) is 37.4 Å². The number of phosphoric acid groups is 1. The van der Waals surface area contributed by atoms with Gasteiger partial charge in [0.25, 0.3) is 0 Å². The van der Waals surface area contributed by atoms with E-state index >= 15 is 0 Å². The highest BCUT2D eigenvalue weighted by Crippen LogP contribution is 2.42. The molecule has 0 aliphatic carbocycles. The lowest BCUT2D eigenvalue weighted by Gasteiger charge is -2.30. The second-order valence-electron chi connectivity index (χ2n) is 8.09. The average molecular weight is 531 g/mol. The number of methoxy groups -OCH3 is 1. The Morgan fingerprint density at radius 1 is 1.14 bits per heavy atom. The minimum atomic E-state index is -4.14. The zero-order valence-corrected chi connectivity index (χ0v) is 21.1. The lowest BCUT2D eigenvalue weighted by molar-refractivity contribution is 0.100. The average Bonchev–Trinajstić information content (AvgIpc) is 3.36. The van der Waals surface area contributed by atoms with Crippen molar-refractivity contribution in [3.05, 3.63) is 95.3 Å². The fourth-order valence-corrected chi connectivity index (χ4v) is 3.97. The van der Waals surface area contributed by atoms with Gasteiger partial charge in [-0.2, -0.15) is 0 Å².